The molecule has 1 amide bonds. The number of amides is 1. The maximum Gasteiger partial charge on any atom is 0.277 e. The number of benzene rings is 4. The Labute approximate surface area is 215 Å². The van der Waals surface area contributed by atoms with Crippen LogP contribution in [0.3, 0.4) is 0 Å². The Balaban J connectivity index is 1.37. The van der Waals surface area contributed by atoms with Crippen LogP contribution in [-0.4, -0.2) is 25.3 Å². The Kier molecular flexibility index (Phi) is 9.07. The molecule has 0 radical (unpaired) electrons. The fraction of sp³-hybridized carbons (Fsp3) is 0.200. The van der Waals surface area contributed by atoms with E-state index in [0.717, 1.165) is 40.5 Å². The van der Waals surface area contributed by atoms with Gasteiger partial charge >= 0.3 is 0 Å². The highest BCUT2D eigenvalue weighted by molar-refractivity contribution is 6.02. The van der Waals surface area contributed by atoms with Crippen molar-refractivity contribution >= 4 is 22.9 Å². The van der Waals surface area contributed by atoms with E-state index < -0.39 is 5.91 Å². The number of nitrogens with zero attached hydrogens (tertiary/aromatic N) is 1. The standard InChI is InChI=1S/C30H29FN2O4/c1-2-3-18-35-25-13-15-26(16-14-25)36-21-30(34)33-32-19-28-27-7-5-4-6-23(27)10-17-29(28)37-20-22-8-11-24(31)12-9-22/h4-17,19H,2-3,18,20-21H2,1H3,(H,33,34). The molecule has 0 aliphatic carbocycles. The fourth-order valence-electron chi connectivity index (χ4n) is 3.59. The summed E-state index contributed by atoms with van der Waals surface area (Å²) in [6, 6.07) is 24.9. The highest BCUT2D eigenvalue weighted by atomic mass is 19.1. The first-order valence-corrected chi connectivity index (χ1v) is 12.2. The zero-order valence-corrected chi connectivity index (χ0v) is 20.7. The maximum absolute atomic E-state index is 13.2. The Morgan fingerprint density at radius 2 is 1.62 bits per heavy atom. The van der Waals surface area contributed by atoms with Crippen molar-refractivity contribution < 1.29 is 23.4 Å². The normalized spacial score (nSPS) is 11.0. The maximum atomic E-state index is 13.2. The largest absolute Gasteiger partial charge is 0.494 e. The van der Waals surface area contributed by atoms with Crippen LogP contribution >= 0.6 is 0 Å². The van der Waals surface area contributed by atoms with Crippen molar-refractivity contribution in [1.82, 2.24) is 5.43 Å². The Bertz CT molecular complexity index is 1340. The molecule has 1 N–H and O–H groups in total. The van der Waals surface area contributed by atoms with Crippen molar-refractivity contribution in [2.75, 3.05) is 13.2 Å². The minimum Gasteiger partial charge on any atom is -0.494 e. The van der Waals surface area contributed by atoms with Crippen LogP contribution in [0.15, 0.2) is 90.0 Å². The van der Waals surface area contributed by atoms with Crippen LogP contribution in [0.4, 0.5) is 4.39 Å². The Morgan fingerprint density at radius 1 is 0.892 bits per heavy atom. The molecule has 4 aromatic rings. The molecule has 0 heterocycles. The summed E-state index contributed by atoms with van der Waals surface area (Å²) >= 11 is 0. The number of carbonyl (C=O) groups is 1. The van der Waals surface area contributed by atoms with Crippen molar-refractivity contribution in [3.8, 4) is 17.2 Å². The molecule has 0 aliphatic heterocycles. The molecule has 0 fully saturated rings. The molecule has 0 spiro atoms. The van der Waals surface area contributed by atoms with E-state index in [9.17, 15) is 9.18 Å². The van der Waals surface area contributed by atoms with E-state index in [1.165, 1.54) is 12.1 Å². The van der Waals surface area contributed by atoms with Gasteiger partial charge in [-0.15, -0.1) is 0 Å². The lowest BCUT2D eigenvalue weighted by atomic mass is 10.0. The molecule has 4 rings (SSSR count). The summed E-state index contributed by atoms with van der Waals surface area (Å²) in [4.78, 5) is 12.3. The van der Waals surface area contributed by atoms with E-state index in [1.54, 1.807) is 30.5 Å². The first-order chi connectivity index (χ1) is 18.1. The predicted molar refractivity (Wildman–Crippen MR) is 143 cm³/mol. The van der Waals surface area contributed by atoms with Crippen molar-refractivity contribution in [2.45, 2.75) is 26.4 Å². The summed E-state index contributed by atoms with van der Waals surface area (Å²) in [6.07, 6.45) is 3.63. The van der Waals surface area contributed by atoms with Crippen LogP contribution in [0.1, 0.15) is 30.9 Å². The zero-order valence-electron chi connectivity index (χ0n) is 20.7. The topological polar surface area (TPSA) is 69.2 Å². The molecule has 0 aromatic heterocycles. The van der Waals surface area contributed by atoms with Crippen molar-refractivity contribution in [1.29, 1.82) is 0 Å². The van der Waals surface area contributed by atoms with Gasteiger partial charge in [0.2, 0.25) is 0 Å². The summed E-state index contributed by atoms with van der Waals surface area (Å²) in [5.41, 5.74) is 4.06. The van der Waals surface area contributed by atoms with E-state index in [2.05, 4.69) is 17.5 Å². The molecule has 0 atom stereocenters. The van der Waals surface area contributed by atoms with Gasteiger partial charge in [0.05, 0.1) is 12.8 Å². The summed E-state index contributed by atoms with van der Waals surface area (Å²) in [5, 5.41) is 6.07. The minimum atomic E-state index is -0.395. The van der Waals surface area contributed by atoms with Crippen LogP contribution in [0.25, 0.3) is 10.8 Å². The lowest BCUT2D eigenvalue weighted by Gasteiger charge is -2.12. The highest BCUT2D eigenvalue weighted by Crippen LogP contribution is 2.27. The number of unbranched alkanes of at least 4 members (excludes halogenated alkanes) is 1. The second kappa shape index (κ2) is 13.1. The SMILES string of the molecule is CCCCOc1ccc(OCC(=O)NN=Cc2c(OCc3ccc(F)cc3)ccc3ccccc23)cc1. The van der Waals surface area contributed by atoms with Gasteiger partial charge in [-0.2, -0.15) is 5.10 Å². The number of hydrogen-bond donors (Lipinski definition) is 1. The van der Waals surface area contributed by atoms with E-state index in [1.807, 2.05) is 48.5 Å². The number of halogens is 1. The number of fused-ring (bicyclic) bond motifs is 1. The van der Waals surface area contributed by atoms with Crippen LogP contribution < -0.4 is 19.6 Å². The molecule has 6 nitrogen and oxygen atoms in total. The molecule has 0 unspecified atom stereocenters. The van der Waals surface area contributed by atoms with Gasteiger partial charge in [-0.25, -0.2) is 9.82 Å². The van der Waals surface area contributed by atoms with Gasteiger partial charge in [-0.1, -0.05) is 55.8 Å². The minimum absolute atomic E-state index is 0.184. The first-order valence-electron chi connectivity index (χ1n) is 12.2. The van der Waals surface area contributed by atoms with Gasteiger partial charge in [-0.05, 0) is 65.2 Å². The van der Waals surface area contributed by atoms with E-state index in [4.69, 9.17) is 14.2 Å². The van der Waals surface area contributed by atoms with Crippen molar-refractivity contribution in [3.63, 3.8) is 0 Å². The number of ether oxygens (including phenoxy) is 3. The lowest BCUT2D eigenvalue weighted by Crippen LogP contribution is -2.24. The number of hydrogen-bond acceptors (Lipinski definition) is 5. The summed E-state index contributed by atoms with van der Waals surface area (Å²) in [6.45, 7) is 2.87. The quantitative estimate of drug-likeness (QED) is 0.142. The van der Waals surface area contributed by atoms with Gasteiger partial charge in [0.15, 0.2) is 6.61 Å². The molecule has 0 saturated heterocycles. The third-order valence-corrected chi connectivity index (χ3v) is 5.58. The van der Waals surface area contributed by atoms with Crippen LogP contribution in [0.5, 0.6) is 17.2 Å². The second-order valence-electron chi connectivity index (χ2n) is 8.37. The molecule has 190 valence electrons. The average Bonchev–Trinajstić information content (AvgIpc) is 2.93. The molecule has 0 saturated carbocycles. The molecule has 37 heavy (non-hydrogen) atoms. The third kappa shape index (κ3) is 7.54. The smallest absolute Gasteiger partial charge is 0.277 e. The second-order valence-corrected chi connectivity index (χ2v) is 8.37. The predicted octanol–water partition coefficient (Wildman–Crippen LogP) is 6.27. The number of carbonyl (C=O) groups excluding carboxylic acids is 1. The third-order valence-electron chi connectivity index (χ3n) is 5.58. The Hall–Kier alpha value is -4.39. The van der Waals surface area contributed by atoms with Crippen LogP contribution in [0, 0.1) is 5.82 Å². The first kappa shape index (κ1) is 25.7. The molecular formula is C30H29FN2O4. The van der Waals surface area contributed by atoms with E-state index >= 15 is 0 Å². The monoisotopic (exact) mass is 500 g/mol. The summed E-state index contributed by atoms with van der Waals surface area (Å²) in [7, 11) is 0. The van der Waals surface area contributed by atoms with Crippen LogP contribution in [0.2, 0.25) is 0 Å². The van der Waals surface area contributed by atoms with Gasteiger partial charge in [0.1, 0.15) is 29.7 Å². The molecule has 0 aliphatic rings. The molecule has 4 aromatic carbocycles. The van der Waals surface area contributed by atoms with Crippen molar-refractivity contribution in [3.05, 3.63) is 102 Å². The van der Waals surface area contributed by atoms with Crippen molar-refractivity contribution in [2.24, 2.45) is 5.10 Å². The van der Waals surface area contributed by atoms with Gasteiger partial charge in [0, 0.05) is 5.56 Å². The molecule has 7 heteroatoms. The zero-order chi connectivity index (χ0) is 25.9. The average molecular weight is 501 g/mol. The van der Waals surface area contributed by atoms with Crippen LogP contribution in [-0.2, 0) is 11.4 Å². The molecular weight excluding hydrogens is 471 g/mol. The highest BCUT2D eigenvalue weighted by Gasteiger charge is 2.09. The van der Waals surface area contributed by atoms with Gasteiger partial charge < -0.3 is 14.2 Å². The number of hydrazone groups is 1. The Morgan fingerprint density at radius 3 is 2.38 bits per heavy atom. The molecule has 0 bridgehead atoms. The van der Waals surface area contributed by atoms with Gasteiger partial charge in [0.25, 0.3) is 5.91 Å². The van der Waals surface area contributed by atoms with E-state index in [-0.39, 0.29) is 19.0 Å². The van der Waals surface area contributed by atoms with Gasteiger partial charge in [-0.3, -0.25) is 4.79 Å². The fourth-order valence-corrected chi connectivity index (χ4v) is 3.59. The lowest BCUT2D eigenvalue weighted by molar-refractivity contribution is -0.123. The summed E-state index contributed by atoms with van der Waals surface area (Å²) in [5.74, 6) is 1.23. The summed E-state index contributed by atoms with van der Waals surface area (Å²) < 4.78 is 30.4. The number of rotatable bonds is 12. The van der Waals surface area contributed by atoms with E-state index in [0.29, 0.717) is 18.1 Å². The number of nitrogens with one attached hydrogen (secondary N) is 1.